The first kappa shape index (κ1) is 13.8. The Morgan fingerprint density at radius 2 is 2.32 bits per heavy atom. The van der Waals surface area contributed by atoms with Crippen LogP contribution in [0.1, 0.15) is 17.3 Å². The zero-order valence-corrected chi connectivity index (χ0v) is 11.9. The van der Waals surface area contributed by atoms with Gasteiger partial charge in [0.1, 0.15) is 0 Å². The van der Waals surface area contributed by atoms with Gasteiger partial charge in [-0.1, -0.05) is 11.3 Å². The molecule has 0 aliphatic rings. The van der Waals surface area contributed by atoms with Gasteiger partial charge in [-0.3, -0.25) is 4.79 Å². The van der Waals surface area contributed by atoms with E-state index in [0.717, 1.165) is 10.2 Å². The molecule has 1 amide bonds. The molecule has 0 saturated carbocycles. The van der Waals surface area contributed by atoms with E-state index in [-0.39, 0.29) is 5.91 Å². The van der Waals surface area contributed by atoms with E-state index in [0.29, 0.717) is 30.5 Å². The molecule has 0 aliphatic heterocycles. The molecule has 0 radical (unpaired) electrons. The first-order valence-corrected chi connectivity index (χ1v) is 6.92. The van der Waals surface area contributed by atoms with E-state index in [1.165, 1.54) is 11.3 Å². The number of thiazole rings is 1. The van der Waals surface area contributed by atoms with Crippen LogP contribution in [0.3, 0.4) is 0 Å². The highest BCUT2D eigenvalue weighted by Gasteiger charge is 2.13. The van der Waals surface area contributed by atoms with Gasteiger partial charge in [0.25, 0.3) is 5.91 Å². The fourth-order valence-corrected chi connectivity index (χ4v) is 2.52. The van der Waals surface area contributed by atoms with Crippen LogP contribution in [-0.2, 0) is 4.74 Å². The van der Waals surface area contributed by atoms with Crippen molar-refractivity contribution >= 4 is 32.6 Å². The molecule has 5 nitrogen and oxygen atoms in total. The largest absolute Gasteiger partial charge is 0.380 e. The van der Waals surface area contributed by atoms with Crippen LogP contribution in [0.4, 0.5) is 5.13 Å². The maximum atomic E-state index is 12.2. The van der Waals surface area contributed by atoms with Gasteiger partial charge < -0.3 is 15.4 Å². The van der Waals surface area contributed by atoms with Gasteiger partial charge in [0, 0.05) is 25.8 Å². The maximum absolute atomic E-state index is 12.2. The molecule has 1 heterocycles. The molecule has 1 aromatic heterocycles. The highest BCUT2D eigenvalue weighted by atomic mass is 32.1. The summed E-state index contributed by atoms with van der Waals surface area (Å²) in [5.74, 6) is -0.0198. The summed E-state index contributed by atoms with van der Waals surface area (Å²) in [5, 5.41) is 0.518. The van der Waals surface area contributed by atoms with Crippen molar-refractivity contribution < 1.29 is 9.53 Å². The summed E-state index contributed by atoms with van der Waals surface area (Å²) < 4.78 is 6.18. The van der Waals surface area contributed by atoms with E-state index in [1.807, 2.05) is 19.1 Å². The topological polar surface area (TPSA) is 68.5 Å². The zero-order chi connectivity index (χ0) is 13.8. The zero-order valence-electron chi connectivity index (χ0n) is 11.0. The number of carbonyl (C=O) groups is 1. The van der Waals surface area contributed by atoms with Crippen LogP contribution >= 0.6 is 11.3 Å². The maximum Gasteiger partial charge on any atom is 0.253 e. The van der Waals surface area contributed by atoms with Gasteiger partial charge in [-0.05, 0) is 25.1 Å². The SMILES string of the molecule is CCOCCN(C)C(=O)c1ccc2nc(N)sc2c1. The Kier molecular flexibility index (Phi) is 4.34. The molecule has 0 fully saturated rings. The molecule has 0 atom stereocenters. The van der Waals surface area contributed by atoms with E-state index in [1.54, 1.807) is 18.0 Å². The highest BCUT2D eigenvalue weighted by Crippen LogP contribution is 2.24. The number of ether oxygens (including phenoxy) is 1. The molecule has 0 saturated heterocycles. The second kappa shape index (κ2) is 5.99. The normalized spacial score (nSPS) is 10.8. The molecule has 102 valence electrons. The van der Waals surface area contributed by atoms with Gasteiger partial charge in [0.05, 0.1) is 16.8 Å². The number of nitrogens with two attached hydrogens (primary N) is 1. The lowest BCUT2D eigenvalue weighted by molar-refractivity contribution is 0.0710. The minimum Gasteiger partial charge on any atom is -0.380 e. The lowest BCUT2D eigenvalue weighted by Gasteiger charge is -2.16. The molecule has 0 aliphatic carbocycles. The van der Waals surface area contributed by atoms with Crippen molar-refractivity contribution in [2.24, 2.45) is 0 Å². The van der Waals surface area contributed by atoms with Gasteiger partial charge in [-0.15, -0.1) is 0 Å². The molecule has 0 spiro atoms. The molecule has 6 heteroatoms. The number of nitrogen functional groups attached to an aromatic ring is 1. The number of hydrogen-bond donors (Lipinski definition) is 1. The number of amides is 1. The number of anilines is 1. The average molecular weight is 279 g/mol. The third-order valence-corrected chi connectivity index (χ3v) is 3.62. The molecular weight excluding hydrogens is 262 g/mol. The smallest absolute Gasteiger partial charge is 0.253 e. The van der Waals surface area contributed by atoms with Crippen molar-refractivity contribution in [3.8, 4) is 0 Å². The van der Waals surface area contributed by atoms with E-state index >= 15 is 0 Å². The van der Waals surface area contributed by atoms with Crippen LogP contribution in [-0.4, -0.2) is 42.6 Å². The number of carbonyl (C=O) groups excluding carboxylic acids is 1. The van der Waals surface area contributed by atoms with Gasteiger partial charge in [0.15, 0.2) is 5.13 Å². The molecule has 0 bridgehead atoms. The van der Waals surface area contributed by atoms with Crippen molar-refractivity contribution in [3.05, 3.63) is 23.8 Å². The molecule has 2 rings (SSSR count). The van der Waals surface area contributed by atoms with Crippen molar-refractivity contribution in [1.82, 2.24) is 9.88 Å². The fourth-order valence-electron chi connectivity index (χ4n) is 1.74. The quantitative estimate of drug-likeness (QED) is 0.850. The Morgan fingerprint density at radius 1 is 1.53 bits per heavy atom. The second-order valence-electron chi connectivity index (χ2n) is 4.16. The number of rotatable bonds is 5. The lowest BCUT2D eigenvalue weighted by atomic mass is 10.2. The summed E-state index contributed by atoms with van der Waals surface area (Å²) >= 11 is 1.39. The van der Waals surface area contributed by atoms with Crippen LogP contribution in [0, 0.1) is 0 Å². The number of likely N-dealkylation sites (N-methyl/N-ethyl adjacent to an activating group) is 1. The number of benzene rings is 1. The summed E-state index contributed by atoms with van der Waals surface area (Å²) in [6.45, 7) is 3.72. The number of hydrogen-bond acceptors (Lipinski definition) is 5. The van der Waals surface area contributed by atoms with E-state index in [4.69, 9.17) is 10.5 Å². The minimum absolute atomic E-state index is 0.0198. The lowest BCUT2D eigenvalue weighted by Crippen LogP contribution is -2.30. The Hall–Kier alpha value is -1.66. The molecule has 0 unspecified atom stereocenters. The van der Waals surface area contributed by atoms with E-state index < -0.39 is 0 Å². The summed E-state index contributed by atoms with van der Waals surface area (Å²) in [7, 11) is 1.77. The second-order valence-corrected chi connectivity index (χ2v) is 5.22. The van der Waals surface area contributed by atoms with Crippen molar-refractivity contribution in [2.75, 3.05) is 32.5 Å². The van der Waals surface area contributed by atoms with Crippen LogP contribution in [0.15, 0.2) is 18.2 Å². The summed E-state index contributed by atoms with van der Waals surface area (Å²) in [6, 6.07) is 5.44. The third kappa shape index (κ3) is 3.21. The Balaban J connectivity index is 2.11. The molecule has 1 aromatic carbocycles. The highest BCUT2D eigenvalue weighted by molar-refractivity contribution is 7.22. The average Bonchev–Trinajstić information content (AvgIpc) is 2.77. The van der Waals surface area contributed by atoms with Gasteiger partial charge in [-0.25, -0.2) is 4.98 Å². The van der Waals surface area contributed by atoms with Crippen LogP contribution < -0.4 is 5.73 Å². The molecule has 19 heavy (non-hydrogen) atoms. The fraction of sp³-hybridized carbons (Fsp3) is 0.385. The van der Waals surface area contributed by atoms with Crippen LogP contribution in [0.5, 0.6) is 0 Å². The van der Waals surface area contributed by atoms with Gasteiger partial charge in [0.2, 0.25) is 0 Å². The van der Waals surface area contributed by atoms with Crippen molar-refractivity contribution in [3.63, 3.8) is 0 Å². The first-order chi connectivity index (χ1) is 9.11. The van der Waals surface area contributed by atoms with Crippen molar-refractivity contribution in [2.45, 2.75) is 6.92 Å². The van der Waals surface area contributed by atoms with E-state index in [9.17, 15) is 4.79 Å². The van der Waals surface area contributed by atoms with Crippen molar-refractivity contribution in [1.29, 1.82) is 0 Å². The van der Waals surface area contributed by atoms with E-state index in [2.05, 4.69) is 4.98 Å². The van der Waals surface area contributed by atoms with Gasteiger partial charge in [-0.2, -0.15) is 0 Å². The first-order valence-electron chi connectivity index (χ1n) is 6.11. The number of fused-ring (bicyclic) bond motifs is 1. The number of nitrogens with zero attached hydrogens (tertiary/aromatic N) is 2. The third-order valence-electron chi connectivity index (χ3n) is 2.77. The minimum atomic E-state index is -0.0198. The summed E-state index contributed by atoms with van der Waals surface area (Å²) in [4.78, 5) is 18.0. The van der Waals surface area contributed by atoms with Crippen LogP contribution in [0.2, 0.25) is 0 Å². The predicted octanol–water partition coefficient (Wildman–Crippen LogP) is 1.99. The number of aromatic nitrogens is 1. The molecule has 2 aromatic rings. The Labute approximate surface area is 116 Å². The molecule has 2 N–H and O–H groups in total. The molecular formula is C13H17N3O2S. The monoisotopic (exact) mass is 279 g/mol. The standard InChI is InChI=1S/C13H17N3O2S/c1-3-18-7-6-16(2)12(17)9-4-5-10-11(8-9)19-13(14)15-10/h4-5,8H,3,6-7H2,1-2H3,(H2,14,15). The van der Waals surface area contributed by atoms with Gasteiger partial charge >= 0.3 is 0 Å². The Morgan fingerprint density at radius 3 is 3.05 bits per heavy atom. The van der Waals surface area contributed by atoms with Crippen LogP contribution in [0.25, 0.3) is 10.2 Å². The summed E-state index contributed by atoms with van der Waals surface area (Å²) in [6.07, 6.45) is 0. The predicted molar refractivity (Wildman–Crippen MR) is 77.5 cm³/mol. The summed E-state index contributed by atoms with van der Waals surface area (Å²) in [5.41, 5.74) is 7.13. The Bertz CT molecular complexity index is 582.